The molecule has 3 aromatic rings. The summed E-state index contributed by atoms with van der Waals surface area (Å²) < 4.78 is 12.7. The average Bonchev–Trinajstić information content (AvgIpc) is 2.82. The highest BCUT2D eigenvalue weighted by Gasteiger charge is 2.12. The molecule has 0 aliphatic heterocycles. The van der Waals surface area contributed by atoms with Gasteiger partial charge in [0.15, 0.2) is 0 Å². The Balaban J connectivity index is 1.66. The molecule has 0 aliphatic carbocycles. The second-order valence-corrected chi connectivity index (χ2v) is 8.54. The van der Waals surface area contributed by atoms with Crippen LogP contribution in [0.5, 0.6) is 11.5 Å². The van der Waals surface area contributed by atoms with E-state index in [1.54, 1.807) is 42.5 Å². The monoisotopic (exact) mass is 566 g/mol. The van der Waals surface area contributed by atoms with Crippen LogP contribution in [0, 0.1) is 11.3 Å². The van der Waals surface area contributed by atoms with Crippen molar-refractivity contribution < 1.29 is 14.3 Å². The van der Waals surface area contributed by atoms with Crippen molar-refractivity contribution in [2.24, 2.45) is 0 Å². The molecule has 0 bridgehead atoms. The third-order valence-corrected chi connectivity index (χ3v) is 5.58. The van der Waals surface area contributed by atoms with Crippen LogP contribution in [0.2, 0.25) is 0 Å². The van der Waals surface area contributed by atoms with Crippen molar-refractivity contribution >= 4 is 49.5 Å². The number of nitrogens with one attached hydrogen (secondary N) is 1. The van der Waals surface area contributed by atoms with E-state index >= 15 is 0 Å². The fourth-order valence-corrected chi connectivity index (χ4v) is 4.28. The van der Waals surface area contributed by atoms with Gasteiger partial charge in [-0.15, -0.1) is 0 Å². The van der Waals surface area contributed by atoms with E-state index in [9.17, 15) is 10.1 Å². The van der Waals surface area contributed by atoms with Gasteiger partial charge in [0.25, 0.3) is 5.91 Å². The average molecular weight is 568 g/mol. The van der Waals surface area contributed by atoms with Crippen LogP contribution in [0.15, 0.2) is 93.9 Å². The number of halogens is 2. The van der Waals surface area contributed by atoms with Crippen LogP contribution in [0.25, 0.3) is 6.08 Å². The van der Waals surface area contributed by atoms with Gasteiger partial charge in [-0.1, -0.05) is 43.0 Å². The molecule has 7 heteroatoms. The zero-order valence-electron chi connectivity index (χ0n) is 17.6. The molecule has 0 aliphatic rings. The Morgan fingerprint density at radius 3 is 2.30 bits per heavy atom. The van der Waals surface area contributed by atoms with Crippen LogP contribution >= 0.6 is 31.9 Å². The fraction of sp³-hybridized carbons (Fsp3) is 0.0769. The maximum atomic E-state index is 12.6. The van der Waals surface area contributed by atoms with Gasteiger partial charge in [-0.2, -0.15) is 5.26 Å². The van der Waals surface area contributed by atoms with Crippen LogP contribution in [0.3, 0.4) is 0 Å². The largest absolute Gasteiger partial charge is 0.489 e. The second-order valence-electron chi connectivity index (χ2n) is 6.84. The van der Waals surface area contributed by atoms with Crippen LogP contribution < -0.4 is 14.8 Å². The molecule has 3 rings (SSSR count). The molecule has 0 atom stereocenters. The maximum absolute atomic E-state index is 12.6. The van der Waals surface area contributed by atoms with Gasteiger partial charge < -0.3 is 14.8 Å². The quantitative estimate of drug-likeness (QED) is 0.173. The Hall–Kier alpha value is -3.34. The van der Waals surface area contributed by atoms with Crippen molar-refractivity contribution in [1.82, 2.24) is 0 Å². The summed E-state index contributed by atoms with van der Waals surface area (Å²) >= 11 is 6.90. The van der Waals surface area contributed by atoms with Gasteiger partial charge in [0.05, 0.1) is 8.95 Å². The number of nitriles is 1. The first kappa shape index (κ1) is 24.3. The number of carbonyl (C=O) groups excluding carboxylic acids is 1. The zero-order valence-corrected chi connectivity index (χ0v) is 20.7. The lowest BCUT2D eigenvalue weighted by atomic mass is 10.1. The molecule has 0 aromatic heterocycles. The summed E-state index contributed by atoms with van der Waals surface area (Å²) in [6.07, 6.45) is 3.16. The van der Waals surface area contributed by atoms with Gasteiger partial charge in [0.1, 0.15) is 36.4 Å². The number of benzene rings is 3. The molecule has 0 saturated heterocycles. The van der Waals surface area contributed by atoms with E-state index in [0.717, 1.165) is 5.56 Å². The van der Waals surface area contributed by atoms with Gasteiger partial charge >= 0.3 is 0 Å². The number of carbonyl (C=O) groups is 1. The fourth-order valence-electron chi connectivity index (χ4n) is 2.83. The summed E-state index contributed by atoms with van der Waals surface area (Å²) in [5, 5.41) is 12.2. The Morgan fingerprint density at radius 1 is 1.03 bits per heavy atom. The number of amides is 1. The number of nitrogens with zero attached hydrogens (tertiary/aromatic N) is 1. The predicted molar refractivity (Wildman–Crippen MR) is 137 cm³/mol. The molecule has 3 aromatic carbocycles. The highest BCUT2D eigenvalue weighted by Crippen LogP contribution is 2.35. The molecular formula is C26H20Br2N2O3. The van der Waals surface area contributed by atoms with Gasteiger partial charge in [0.2, 0.25) is 0 Å². The number of anilines is 1. The first-order valence-electron chi connectivity index (χ1n) is 9.93. The highest BCUT2D eigenvalue weighted by molar-refractivity contribution is 9.11. The van der Waals surface area contributed by atoms with Gasteiger partial charge in [-0.3, -0.25) is 4.79 Å². The highest BCUT2D eigenvalue weighted by atomic mass is 79.9. The predicted octanol–water partition coefficient (Wildman–Crippen LogP) is 6.90. The molecule has 5 nitrogen and oxygen atoms in total. The van der Waals surface area contributed by atoms with Gasteiger partial charge in [0, 0.05) is 5.69 Å². The lowest BCUT2D eigenvalue weighted by molar-refractivity contribution is -0.112. The van der Waals surface area contributed by atoms with E-state index in [4.69, 9.17) is 9.47 Å². The van der Waals surface area contributed by atoms with Crippen molar-refractivity contribution in [1.29, 1.82) is 5.26 Å². The van der Waals surface area contributed by atoms with Crippen molar-refractivity contribution in [3.63, 3.8) is 0 Å². The molecule has 1 amide bonds. The van der Waals surface area contributed by atoms with Crippen molar-refractivity contribution in [2.75, 3.05) is 11.9 Å². The first-order chi connectivity index (χ1) is 16.0. The minimum absolute atomic E-state index is 0.0297. The summed E-state index contributed by atoms with van der Waals surface area (Å²) in [5.41, 5.74) is 2.26. The molecule has 1 N–H and O–H groups in total. The van der Waals surface area contributed by atoms with E-state index in [1.807, 2.05) is 36.4 Å². The molecule has 33 heavy (non-hydrogen) atoms. The van der Waals surface area contributed by atoms with Gasteiger partial charge in [-0.25, -0.2) is 0 Å². The number of ether oxygens (including phenoxy) is 2. The Bertz CT molecular complexity index is 1180. The number of hydrogen-bond donors (Lipinski definition) is 1. The normalized spacial score (nSPS) is 10.8. The second kappa shape index (κ2) is 12.0. The first-order valence-corrected chi connectivity index (χ1v) is 11.5. The molecule has 0 unspecified atom stereocenters. The molecule has 0 saturated carbocycles. The third-order valence-electron chi connectivity index (χ3n) is 4.40. The van der Waals surface area contributed by atoms with E-state index in [0.29, 0.717) is 44.9 Å². The summed E-state index contributed by atoms with van der Waals surface area (Å²) in [6.45, 7) is 4.44. The lowest BCUT2D eigenvalue weighted by Crippen LogP contribution is -2.13. The van der Waals surface area contributed by atoms with Crippen LogP contribution in [0.1, 0.15) is 11.1 Å². The van der Waals surface area contributed by atoms with Crippen molar-refractivity contribution in [3.05, 3.63) is 105 Å². The van der Waals surface area contributed by atoms with E-state index < -0.39 is 5.91 Å². The van der Waals surface area contributed by atoms with E-state index in [2.05, 4.69) is 43.8 Å². The molecule has 0 radical (unpaired) electrons. The molecule has 166 valence electrons. The number of rotatable bonds is 9. The van der Waals surface area contributed by atoms with Crippen molar-refractivity contribution in [2.45, 2.75) is 6.61 Å². The lowest BCUT2D eigenvalue weighted by Gasteiger charge is -2.10. The van der Waals surface area contributed by atoms with Crippen LogP contribution in [0.4, 0.5) is 5.69 Å². The summed E-state index contributed by atoms with van der Waals surface area (Å²) in [6, 6.07) is 22.3. The Kier molecular flexibility index (Phi) is 8.87. The van der Waals surface area contributed by atoms with E-state index in [-0.39, 0.29) is 5.57 Å². The van der Waals surface area contributed by atoms with E-state index in [1.165, 1.54) is 6.08 Å². The topological polar surface area (TPSA) is 71.3 Å². The minimum Gasteiger partial charge on any atom is -0.489 e. The SMILES string of the molecule is C=CCOc1c(Br)cc(/C=C(\C#N)C(=O)Nc2ccc(OCc3ccccc3)cc2)cc1Br. The Labute approximate surface area is 209 Å². The third kappa shape index (κ3) is 7.07. The smallest absolute Gasteiger partial charge is 0.266 e. The van der Waals surface area contributed by atoms with Crippen LogP contribution in [-0.4, -0.2) is 12.5 Å². The summed E-state index contributed by atoms with van der Waals surface area (Å²) in [5.74, 6) is 0.792. The standard InChI is InChI=1S/C26H20Br2N2O3/c1-2-12-32-25-23(27)14-19(15-24(25)28)13-20(16-29)26(31)30-21-8-10-22(11-9-21)33-17-18-6-4-3-5-7-18/h2-11,13-15H,1,12,17H2,(H,30,31)/b20-13+. The molecule has 0 heterocycles. The molecular weight excluding hydrogens is 548 g/mol. The molecule has 0 spiro atoms. The summed E-state index contributed by atoms with van der Waals surface area (Å²) in [7, 11) is 0. The van der Waals surface area contributed by atoms with Crippen LogP contribution in [-0.2, 0) is 11.4 Å². The molecule has 0 fully saturated rings. The van der Waals surface area contributed by atoms with Crippen molar-refractivity contribution in [3.8, 4) is 17.6 Å². The summed E-state index contributed by atoms with van der Waals surface area (Å²) in [4.78, 5) is 12.6. The number of hydrogen-bond acceptors (Lipinski definition) is 4. The maximum Gasteiger partial charge on any atom is 0.266 e. The zero-order chi connectivity index (χ0) is 23.6. The Morgan fingerprint density at radius 2 is 1.70 bits per heavy atom. The van der Waals surface area contributed by atoms with Gasteiger partial charge in [-0.05, 0) is 85.5 Å². The minimum atomic E-state index is -0.505.